The van der Waals surface area contributed by atoms with Crippen LogP contribution in [0.2, 0.25) is 0 Å². The Morgan fingerprint density at radius 3 is 2.64 bits per heavy atom. The van der Waals surface area contributed by atoms with Crippen LogP contribution in [-0.4, -0.2) is 30.1 Å². The third kappa shape index (κ3) is 2.58. The fourth-order valence-corrected chi connectivity index (χ4v) is 1.18. The van der Waals surface area contributed by atoms with Gasteiger partial charge >= 0.3 is 0 Å². The summed E-state index contributed by atoms with van der Waals surface area (Å²) in [6.45, 7) is 7.90. The number of hydrogen-bond acceptors (Lipinski definition) is 4. The molecule has 1 rings (SSSR count). The van der Waals surface area contributed by atoms with Crippen molar-refractivity contribution in [2.24, 2.45) is 0 Å². The molecule has 0 saturated heterocycles. The summed E-state index contributed by atoms with van der Waals surface area (Å²) in [5.74, 6) is 2.67. The standard InChI is InChI=1S/C10H18N4/c1-5-11-9-7-10(14(4)6-2)13-8(3)12-9/h7H,5-6H2,1-4H3,(H,11,12,13). The minimum absolute atomic E-state index is 0.804. The first-order valence-corrected chi connectivity index (χ1v) is 4.98. The van der Waals surface area contributed by atoms with E-state index in [1.54, 1.807) is 0 Å². The lowest BCUT2D eigenvalue weighted by molar-refractivity contribution is 0.911. The second kappa shape index (κ2) is 4.79. The van der Waals surface area contributed by atoms with E-state index in [1.165, 1.54) is 0 Å². The molecule has 0 unspecified atom stereocenters. The Hall–Kier alpha value is -1.32. The fraction of sp³-hybridized carbons (Fsp3) is 0.600. The number of rotatable bonds is 4. The highest BCUT2D eigenvalue weighted by Gasteiger charge is 2.03. The minimum atomic E-state index is 0.804. The smallest absolute Gasteiger partial charge is 0.134 e. The lowest BCUT2D eigenvalue weighted by Crippen LogP contribution is -2.18. The average molecular weight is 194 g/mol. The largest absolute Gasteiger partial charge is 0.370 e. The van der Waals surface area contributed by atoms with Gasteiger partial charge in [0.25, 0.3) is 0 Å². The molecule has 1 N–H and O–H groups in total. The molecule has 0 radical (unpaired) electrons. The Kier molecular flexibility index (Phi) is 3.68. The summed E-state index contributed by atoms with van der Waals surface area (Å²) in [6, 6.07) is 1.97. The van der Waals surface area contributed by atoms with Crippen LogP contribution in [0.3, 0.4) is 0 Å². The normalized spacial score (nSPS) is 10.0. The van der Waals surface area contributed by atoms with Crippen LogP contribution in [0, 0.1) is 6.92 Å². The summed E-state index contributed by atoms with van der Waals surface area (Å²) in [5, 5.41) is 3.19. The molecule has 0 aliphatic carbocycles. The third-order valence-electron chi connectivity index (χ3n) is 2.05. The number of nitrogens with one attached hydrogen (secondary N) is 1. The summed E-state index contributed by atoms with van der Waals surface area (Å²) < 4.78 is 0. The van der Waals surface area contributed by atoms with E-state index < -0.39 is 0 Å². The molecule has 14 heavy (non-hydrogen) atoms. The molecule has 0 aliphatic heterocycles. The fourth-order valence-electron chi connectivity index (χ4n) is 1.18. The molecule has 0 aromatic carbocycles. The van der Waals surface area contributed by atoms with Crippen molar-refractivity contribution in [3.8, 4) is 0 Å². The average Bonchev–Trinajstić information content (AvgIpc) is 2.16. The third-order valence-corrected chi connectivity index (χ3v) is 2.05. The first-order chi connectivity index (χ1) is 6.67. The molecule has 1 aromatic rings. The lowest BCUT2D eigenvalue weighted by Gasteiger charge is -2.16. The molecule has 1 heterocycles. The zero-order chi connectivity index (χ0) is 10.6. The van der Waals surface area contributed by atoms with Gasteiger partial charge in [-0.2, -0.15) is 0 Å². The first-order valence-electron chi connectivity index (χ1n) is 4.98. The lowest BCUT2D eigenvalue weighted by atomic mass is 10.4. The van der Waals surface area contributed by atoms with Gasteiger partial charge in [-0.05, 0) is 20.8 Å². The predicted octanol–water partition coefficient (Wildman–Crippen LogP) is 1.67. The van der Waals surface area contributed by atoms with Crippen LogP contribution in [0.1, 0.15) is 19.7 Å². The van der Waals surface area contributed by atoms with E-state index in [0.29, 0.717) is 0 Å². The van der Waals surface area contributed by atoms with E-state index in [1.807, 2.05) is 20.0 Å². The van der Waals surface area contributed by atoms with Crippen molar-refractivity contribution in [3.05, 3.63) is 11.9 Å². The maximum atomic E-state index is 4.36. The Morgan fingerprint density at radius 1 is 1.36 bits per heavy atom. The number of aromatic nitrogens is 2. The van der Waals surface area contributed by atoms with Crippen LogP contribution >= 0.6 is 0 Å². The monoisotopic (exact) mass is 194 g/mol. The summed E-state index contributed by atoms with van der Waals surface area (Å²) >= 11 is 0. The maximum absolute atomic E-state index is 4.36. The quantitative estimate of drug-likeness (QED) is 0.791. The van der Waals surface area contributed by atoms with Crippen LogP contribution in [0.15, 0.2) is 6.07 Å². The van der Waals surface area contributed by atoms with E-state index in [-0.39, 0.29) is 0 Å². The van der Waals surface area contributed by atoms with Crippen molar-refractivity contribution in [3.63, 3.8) is 0 Å². The van der Waals surface area contributed by atoms with E-state index in [4.69, 9.17) is 0 Å². The van der Waals surface area contributed by atoms with Crippen LogP contribution in [-0.2, 0) is 0 Å². The molecule has 4 nitrogen and oxygen atoms in total. The zero-order valence-corrected chi connectivity index (χ0v) is 9.33. The van der Waals surface area contributed by atoms with Crippen LogP contribution in [0.25, 0.3) is 0 Å². The summed E-state index contributed by atoms with van der Waals surface area (Å²) in [6.07, 6.45) is 0. The topological polar surface area (TPSA) is 41.0 Å². The molecular weight excluding hydrogens is 176 g/mol. The molecule has 0 bridgehead atoms. The van der Waals surface area contributed by atoms with Crippen LogP contribution in [0.4, 0.5) is 11.6 Å². The molecule has 4 heteroatoms. The van der Waals surface area contributed by atoms with Crippen molar-refractivity contribution >= 4 is 11.6 Å². The van der Waals surface area contributed by atoms with Gasteiger partial charge in [-0.25, -0.2) is 9.97 Å². The van der Waals surface area contributed by atoms with Crippen molar-refractivity contribution in [1.29, 1.82) is 0 Å². The van der Waals surface area contributed by atoms with Crippen LogP contribution in [0.5, 0.6) is 0 Å². The Morgan fingerprint density at radius 2 is 2.07 bits per heavy atom. The highest BCUT2D eigenvalue weighted by Crippen LogP contribution is 2.13. The molecule has 1 aromatic heterocycles. The van der Waals surface area contributed by atoms with Gasteiger partial charge in [-0.3, -0.25) is 0 Å². The van der Waals surface area contributed by atoms with Crippen molar-refractivity contribution in [2.45, 2.75) is 20.8 Å². The van der Waals surface area contributed by atoms with Crippen molar-refractivity contribution < 1.29 is 0 Å². The number of hydrogen-bond donors (Lipinski definition) is 1. The van der Waals surface area contributed by atoms with Gasteiger partial charge in [-0.1, -0.05) is 0 Å². The summed E-state index contributed by atoms with van der Waals surface area (Å²) in [7, 11) is 2.03. The second-order valence-electron chi connectivity index (χ2n) is 3.20. The van der Waals surface area contributed by atoms with E-state index in [0.717, 1.165) is 30.5 Å². The van der Waals surface area contributed by atoms with Gasteiger partial charge in [0.15, 0.2) is 0 Å². The second-order valence-corrected chi connectivity index (χ2v) is 3.20. The molecule has 0 atom stereocenters. The van der Waals surface area contributed by atoms with Gasteiger partial charge in [-0.15, -0.1) is 0 Å². The van der Waals surface area contributed by atoms with Gasteiger partial charge in [0.05, 0.1) is 0 Å². The van der Waals surface area contributed by atoms with Gasteiger partial charge in [0, 0.05) is 26.2 Å². The predicted molar refractivity (Wildman–Crippen MR) is 59.9 cm³/mol. The summed E-state index contributed by atoms with van der Waals surface area (Å²) in [4.78, 5) is 10.7. The molecule has 78 valence electrons. The Bertz CT molecular complexity index is 298. The van der Waals surface area contributed by atoms with Gasteiger partial charge in [0.1, 0.15) is 17.5 Å². The zero-order valence-electron chi connectivity index (χ0n) is 9.33. The van der Waals surface area contributed by atoms with E-state index >= 15 is 0 Å². The van der Waals surface area contributed by atoms with E-state index in [2.05, 4.69) is 34.0 Å². The van der Waals surface area contributed by atoms with Crippen molar-refractivity contribution in [2.75, 3.05) is 30.4 Å². The molecule has 0 saturated carbocycles. The number of anilines is 2. The van der Waals surface area contributed by atoms with Gasteiger partial charge in [0.2, 0.25) is 0 Å². The molecule has 0 aliphatic rings. The molecular formula is C10H18N4. The molecule has 0 spiro atoms. The van der Waals surface area contributed by atoms with E-state index in [9.17, 15) is 0 Å². The molecule has 0 fully saturated rings. The Balaban J connectivity index is 2.94. The maximum Gasteiger partial charge on any atom is 0.134 e. The molecule has 0 amide bonds. The van der Waals surface area contributed by atoms with Crippen LogP contribution < -0.4 is 10.2 Å². The van der Waals surface area contributed by atoms with Gasteiger partial charge < -0.3 is 10.2 Å². The number of aryl methyl sites for hydroxylation is 1. The summed E-state index contributed by atoms with van der Waals surface area (Å²) in [5.41, 5.74) is 0. The highest BCUT2D eigenvalue weighted by molar-refractivity contribution is 5.48. The van der Waals surface area contributed by atoms with Crippen molar-refractivity contribution in [1.82, 2.24) is 9.97 Å². The SMILES string of the molecule is CCNc1cc(N(C)CC)nc(C)n1. The minimum Gasteiger partial charge on any atom is -0.370 e. The first kappa shape index (κ1) is 10.8. The highest BCUT2D eigenvalue weighted by atomic mass is 15.2. The number of nitrogens with zero attached hydrogens (tertiary/aromatic N) is 3. The Labute approximate surface area is 85.4 Å².